The predicted octanol–water partition coefficient (Wildman–Crippen LogP) is 6.71. The molecule has 10 heteroatoms. The monoisotopic (exact) mass is 550 g/mol. The van der Waals surface area contributed by atoms with E-state index in [2.05, 4.69) is 47.6 Å². The minimum absolute atomic E-state index is 0.185. The van der Waals surface area contributed by atoms with Crippen LogP contribution in [0.1, 0.15) is 5.56 Å². The van der Waals surface area contributed by atoms with Gasteiger partial charge in [0.2, 0.25) is 0 Å². The summed E-state index contributed by atoms with van der Waals surface area (Å²) >= 11 is 24.3. The Morgan fingerprint density at radius 3 is 2.63 bits per heavy atom. The fraction of sp³-hybridized carbons (Fsp3) is 0.0588. The lowest BCUT2D eigenvalue weighted by Crippen LogP contribution is -2.20. The van der Waals surface area contributed by atoms with Crippen LogP contribution in [0, 0.1) is 5.82 Å². The molecule has 0 aliphatic carbocycles. The zero-order chi connectivity index (χ0) is 19.6. The molecule has 0 unspecified atom stereocenters. The first-order chi connectivity index (χ1) is 12.8. The van der Waals surface area contributed by atoms with E-state index in [1.807, 2.05) is 6.07 Å². The molecule has 0 saturated carbocycles. The summed E-state index contributed by atoms with van der Waals surface area (Å²) in [6.07, 6.45) is 1.71. The standard InChI is InChI=1S/C17H11Br2Cl2FN4S/c18-9-4-5-15(13(21)6-9)23-17(27)24-16-11(19)8-26(25-16)7-10-12(20)2-1-3-14(10)22/h1-6,8H,7H2,(H2,23,24,25,27). The molecule has 0 bridgehead atoms. The topological polar surface area (TPSA) is 41.9 Å². The lowest BCUT2D eigenvalue weighted by atomic mass is 10.2. The number of aromatic nitrogens is 2. The van der Waals surface area contributed by atoms with Crippen molar-refractivity contribution in [3.05, 3.63) is 73.0 Å². The van der Waals surface area contributed by atoms with Crippen molar-refractivity contribution in [2.24, 2.45) is 0 Å². The molecule has 2 N–H and O–H groups in total. The van der Waals surface area contributed by atoms with Gasteiger partial charge in [-0.3, -0.25) is 4.68 Å². The fourth-order valence-electron chi connectivity index (χ4n) is 2.26. The molecule has 0 radical (unpaired) electrons. The van der Waals surface area contributed by atoms with Crippen molar-refractivity contribution in [2.75, 3.05) is 10.6 Å². The number of hydrogen-bond acceptors (Lipinski definition) is 2. The molecule has 3 rings (SSSR count). The predicted molar refractivity (Wildman–Crippen MR) is 119 cm³/mol. The molecule has 1 heterocycles. The van der Waals surface area contributed by atoms with Crippen LogP contribution in [0.2, 0.25) is 10.0 Å². The van der Waals surface area contributed by atoms with Crippen molar-refractivity contribution >= 4 is 83.9 Å². The highest BCUT2D eigenvalue weighted by Crippen LogP contribution is 2.27. The lowest BCUT2D eigenvalue weighted by molar-refractivity contribution is 0.586. The number of benzene rings is 2. The molecule has 0 saturated heterocycles. The average Bonchev–Trinajstić information content (AvgIpc) is 2.93. The van der Waals surface area contributed by atoms with Gasteiger partial charge in [-0.1, -0.05) is 45.2 Å². The van der Waals surface area contributed by atoms with E-state index in [1.165, 1.54) is 6.07 Å². The van der Waals surface area contributed by atoms with E-state index in [0.717, 1.165) is 4.47 Å². The van der Waals surface area contributed by atoms with E-state index in [9.17, 15) is 4.39 Å². The summed E-state index contributed by atoms with van der Waals surface area (Å²) in [6, 6.07) is 9.96. The maximum absolute atomic E-state index is 14.0. The summed E-state index contributed by atoms with van der Waals surface area (Å²) in [4.78, 5) is 0. The molecule has 27 heavy (non-hydrogen) atoms. The molecule has 0 spiro atoms. The molecular formula is C17H11Br2Cl2FN4S. The van der Waals surface area contributed by atoms with Gasteiger partial charge in [0.15, 0.2) is 10.9 Å². The molecule has 0 aliphatic rings. The van der Waals surface area contributed by atoms with Crippen molar-refractivity contribution in [1.82, 2.24) is 9.78 Å². The van der Waals surface area contributed by atoms with E-state index in [-0.39, 0.29) is 12.4 Å². The minimum Gasteiger partial charge on any atom is -0.331 e. The van der Waals surface area contributed by atoms with Gasteiger partial charge in [0.05, 0.1) is 21.7 Å². The molecule has 0 aliphatic heterocycles. The van der Waals surface area contributed by atoms with Crippen LogP contribution in [0.3, 0.4) is 0 Å². The van der Waals surface area contributed by atoms with Gasteiger partial charge < -0.3 is 10.6 Å². The number of thiocarbonyl (C=S) groups is 1. The third kappa shape index (κ3) is 5.20. The molecule has 140 valence electrons. The van der Waals surface area contributed by atoms with Crippen LogP contribution in [0.5, 0.6) is 0 Å². The second-order valence-corrected chi connectivity index (χ2v) is 8.42. The molecular weight excluding hydrogens is 542 g/mol. The van der Waals surface area contributed by atoms with Crippen molar-refractivity contribution in [2.45, 2.75) is 6.54 Å². The van der Waals surface area contributed by atoms with Gasteiger partial charge in [-0.05, 0) is 58.5 Å². The number of rotatable bonds is 4. The van der Waals surface area contributed by atoms with Gasteiger partial charge in [-0.15, -0.1) is 0 Å². The third-order valence-electron chi connectivity index (χ3n) is 3.51. The third-order valence-corrected chi connectivity index (χ3v) is 5.45. The molecule has 4 nitrogen and oxygen atoms in total. The first-order valence-electron chi connectivity index (χ1n) is 7.52. The SMILES string of the molecule is Fc1cccc(Cl)c1Cn1cc(Br)c(NC(=S)Nc2ccc(Br)cc2Cl)n1. The number of hydrogen-bond donors (Lipinski definition) is 2. The summed E-state index contributed by atoms with van der Waals surface area (Å²) in [5.74, 6) is 0.0962. The number of halogens is 5. The lowest BCUT2D eigenvalue weighted by Gasteiger charge is -2.11. The van der Waals surface area contributed by atoms with Crippen LogP contribution in [-0.2, 0) is 6.54 Å². The van der Waals surface area contributed by atoms with Crippen LogP contribution in [-0.4, -0.2) is 14.9 Å². The molecule has 0 amide bonds. The van der Waals surface area contributed by atoms with E-state index < -0.39 is 0 Å². The van der Waals surface area contributed by atoms with Crippen LogP contribution in [0.4, 0.5) is 15.9 Å². The van der Waals surface area contributed by atoms with Crippen LogP contribution in [0.25, 0.3) is 0 Å². The highest BCUT2D eigenvalue weighted by atomic mass is 79.9. The first-order valence-corrected chi connectivity index (χ1v) is 10.3. The Labute approximate surface area is 187 Å². The Balaban J connectivity index is 1.72. The zero-order valence-electron chi connectivity index (χ0n) is 13.4. The minimum atomic E-state index is -0.384. The second-order valence-electron chi connectivity index (χ2n) is 5.43. The number of nitrogens with zero attached hydrogens (tertiary/aromatic N) is 2. The Morgan fingerprint density at radius 2 is 1.93 bits per heavy atom. The normalized spacial score (nSPS) is 10.7. The van der Waals surface area contributed by atoms with Crippen LogP contribution >= 0.6 is 67.3 Å². The molecule has 0 atom stereocenters. The Morgan fingerprint density at radius 1 is 1.15 bits per heavy atom. The van der Waals surface area contributed by atoms with E-state index >= 15 is 0 Å². The largest absolute Gasteiger partial charge is 0.331 e. The number of nitrogens with one attached hydrogen (secondary N) is 2. The molecule has 1 aromatic heterocycles. The van der Waals surface area contributed by atoms with Crippen molar-refractivity contribution in [1.29, 1.82) is 0 Å². The van der Waals surface area contributed by atoms with Crippen molar-refractivity contribution in [3.63, 3.8) is 0 Å². The quantitative estimate of drug-likeness (QED) is 0.353. The summed E-state index contributed by atoms with van der Waals surface area (Å²) in [5.41, 5.74) is 1.02. The molecule has 3 aromatic rings. The Hall–Kier alpha value is -1.19. The van der Waals surface area contributed by atoms with Gasteiger partial charge in [0, 0.05) is 21.3 Å². The van der Waals surface area contributed by atoms with Gasteiger partial charge in [-0.25, -0.2) is 4.39 Å². The fourth-order valence-corrected chi connectivity index (χ4v) is 3.82. The summed E-state index contributed by atoms with van der Waals surface area (Å²) in [6.45, 7) is 0.185. The van der Waals surface area contributed by atoms with Crippen molar-refractivity contribution < 1.29 is 4.39 Å². The van der Waals surface area contributed by atoms with Gasteiger partial charge >= 0.3 is 0 Å². The Bertz CT molecular complexity index is 992. The summed E-state index contributed by atoms with van der Waals surface area (Å²) in [5, 5.41) is 11.5. The van der Waals surface area contributed by atoms with E-state index in [4.69, 9.17) is 35.4 Å². The van der Waals surface area contributed by atoms with E-state index in [0.29, 0.717) is 36.7 Å². The van der Waals surface area contributed by atoms with Crippen molar-refractivity contribution in [3.8, 4) is 0 Å². The number of anilines is 2. The Kier molecular flexibility index (Phi) is 6.75. The summed E-state index contributed by atoms with van der Waals surface area (Å²) in [7, 11) is 0. The maximum Gasteiger partial charge on any atom is 0.176 e. The highest BCUT2D eigenvalue weighted by molar-refractivity contribution is 9.10. The first kappa shape index (κ1) is 20.5. The second kappa shape index (κ2) is 8.87. The van der Waals surface area contributed by atoms with Gasteiger partial charge in [0.1, 0.15) is 5.82 Å². The smallest absolute Gasteiger partial charge is 0.176 e. The zero-order valence-corrected chi connectivity index (χ0v) is 18.9. The summed E-state index contributed by atoms with van der Waals surface area (Å²) < 4.78 is 17.1. The van der Waals surface area contributed by atoms with E-state index in [1.54, 1.807) is 35.1 Å². The molecule has 2 aromatic carbocycles. The maximum atomic E-state index is 14.0. The van der Waals surface area contributed by atoms with Crippen LogP contribution < -0.4 is 10.6 Å². The van der Waals surface area contributed by atoms with Gasteiger partial charge in [0.25, 0.3) is 0 Å². The average molecular weight is 553 g/mol. The van der Waals surface area contributed by atoms with Crippen LogP contribution in [0.15, 0.2) is 51.5 Å². The molecule has 0 fully saturated rings. The highest BCUT2D eigenvalue weighted by Gasteiger charge is 2.13. The van der Waals surface area contributed by atoms with Gasteiger partial charge in [-0.2, -0.15) is 5.10 Å².